The third-order valence-corrected chi connectivity index (χ3v) is 6.50. The number of benzene rings is 1. The molecule has 0 aliphatic rings. The number of nitrogens with zero attached hydrogens (tertiary/aromatic N) is 3. The molecule has 0 radical (unpaired) electrons. The highest BCUT2D eigenvalue weighted by Gasteiger charge is 2.37. The summed E-state index contributed by atoms with van der Waals surface area (Å²) in [6.07, 6.45) is -9.93. The Kier molecular flexibility index (Phi) is 6.91. The van der Waals surface area contributed by atoms with Crippen LogP contribution in [0.15, 0.2) is 32.3 Å². The van der Waals surface area contributed by atoms with Gasteiger partial charge in [-0.05, 0) is 36.9 Å². The van der Waals surface area contributed by atoms with Crippen molar-refractivity contribution in [3.63, 3.8) is 0 Å². The van der Waals surface area contributed by atoms with Crippen molar-refractivity contribution in [1.29, 1.82) is 0 Å². The lowest BCUT2D eigenvalue weighted by Crippen LogP contribution is -2.11. The normalized spacial score (nSPS) is 12.2. The number of esters is 1. The second-order valence-corrected chi connectivity index (χ2v) is 9.25. The molecule has 0 amide bonds. The standard InChI is InChI=1S/C17H11F6N3O2S3/c1-2-28-13(27)6-12-25-26-15(30-12)31-14-24-11(7-29-14)8-3-9(16(18,19)20)5-10(4-8)17(21,22)23/h3-5,7H,2,6H2,1H3. The fourth-order valence-electron chi connectivity index (χ4n) is 2.30. The largest absolute Gasteiger partial charge is 0.466 e. The van der Waals surface area contributed by atoms with Crippen LogP contribution in [0.3, 0.4) is 0 Å². The predicted octanol–water partition coefficient (Wildman–Crippen LogP) is 5.96. The lowest BCUT2D eigenvalue weighted by atomic mass is 10.0. The molecule has 3 aromatic rings. The molecule has 166 valence electrons. The molecule has 2 heterocycles. The highest BCUT2D eigenvalue weighted by molar-refractivity contribution is 8.02. The van der Waals surface area contributed by atoms with E-state index in [0.29, 0.717) is 25.8 Å². The van der Waals surface area contributed by atoms with E-state index in [1.165, 1.54) is 5.38 Å². The van der Waals surface area contributed by atoms with Crippen LogP contribution < -0.4 is 0 Å². The van der Waals surface area contributed by atoms with E-state index in [0.717, 1.165) is 34.4 Å². The molecule has 0 saturated carbocycles. The molecule has 5 nitrogen and oxygen atoms in total. The van der Waals surface area contributed by atoms with E-state index in [9.17, 15) is 31.1 Å². The molecule has 1 aromatic carbocycles. The third-order valence-electron chi connectivity index (χ3n) is 3.59. The van der Waals surface area contributed by atoms with Gasteiger partial charge in [-0.2, -0.15) is 26.3 Å². The number of hydrogen-bond donors (Lipinski definition) is 0. The Morgan fingerprint density at radius 3 is 2.26 bits per heavy atom. The Balaban J connectivity index is 1.82. The molecule has 3 rings (SSSR count). The van der Waals surface area contributed by atoms with E-state index in [1.54, 1.807) is 6.92 Å². The topological polar surface area (TPSA) is 65.0 Å². The molecule has 0 N–H and O–H groups in total. The molecule has 0 unspecified atom stereocenters. The molecule has 0 spiro atoms. The van der Waals surface area contributed by atoms with Gasteiger partial charge in [0, 0.05) is 10.9 Å². The van der Waals surface area contributed by atoms with Gasteiger partial charge in [0.15, 0.2) is 8.68 Å². The number of aromatic nitrogens is 3. The summed E-state index contributed by atoms with van der Waals surface area (Å²) in [7, 11) is 0. The zero-order chi connectivity index (χ0) is 22.8. The summed E-state index contributed by atoms with van der Waals surface area (Å²) in [5.74, 6) is -0.461. The number of halogens is 6. The average Bonchev–Trinajstić information content (AvgIpc) is 3.30. The first-order chi connectivity index (χ1) is 14.5. The van der Waals surface area contributed by atoms with Gasteiger partial charge in [-0.25, -0.2) is 4.98 Å². The quantitative estimate of drug-likeness (QED) is 0.308. The molecule has 0 bridgehead atoms. The summed E-state index contributed by atoms with van der Waals surface area (Å²) < 4.78 is 83.9. The van der Waals surface area contributed by atoms with Crippen molar-refractivity contribution in [2.45, 2.75) is 34.4 Å². The number of carbonyl (C=O) groups is 1. The minimum atomic E-state index is -4.94. The van der Waals surface area contributed by atoms with Gasteiger partial charge < -0.3 is 4.74 Å². The summed E-state index contributed by atoms with van der Waals surface area (Å²) in [4.78, 5) is 15.6. The van der Waals surface area contributed by atoms with Crippen LogP contribution in [-0.2, 0) is 28.3 Å². The maximum atomic E-state index is 13.0. The van der Waals surface area contributed by atoms with Crippen LogP contribution in [0.25, 0.3) is 11.3 Å². The van der Waals surface area contributed by atoms with E-state index in [-0.39, 0.29) is 30.4 Å². The SMILES string of the molecule is CCOC(=O)Cc1nnc(Sc2nc(-c3cc(C(F)(F)F)cc(C(F)(F)F)c3)cs2)s1. The van der Waals surface area contributed by atoms with Gasteiger partial charge in [0.25, 0.3) is 0 Å². The van der Waals surface area contributed by atoms with Crippen LogP contribution in [-0.4, -0.2) is 27.8 Å². The molecule has 0 aliphatic heterocycles. The van der Waals surface area contributed by atoms with E-state index in [1.807, 2.05) is 0 Å². The van der Waals surface area contributed by atoms with Gasteiger partial charge in [-0.3, -0.25) is 4.79 Å². The number of carbonyl (C=O) groups excluding carboxylic acids is 1. The van der Waals surface area contributed by atoms with Gasteiger partial charge in [0.1, 0.15) is 5.01 Å². The molecule has 0 fully saturated rings. The Labute approximate surface area is 183 Å². The van der Waals surface area contributed by atoms with Crippen LogP contribution in [0.2, 0.25) is 0 Å². The molecule has 0 aliphatic carbocycles. The molecular formula is C17H11F6N3O2S3. The first kappa shape index (κ1) is 23.5. The van der Waals surface area contributed by atoms with Crippen LogP contribution in [0.4, 0.5) is 26.3 Å². The highest BCUT2D eigenvalue weighted by atomic mass is 32.2. The van der Waals surface area contributed by atoms with Gasteiger partial charge in [-0.1, -0.05) is 11.3 Å². The third kappa shape index (κ3) is 6.17. The number of rotatable bonds is 6. The predicted molar refractivity (Wildman–Crippen MR) is 102 cm³/mol. The average molecular weight is 499 g/mol. The lowest BCUT2D eigenvalue weighted by Gasteiger charge is -2.13. The van der Waals surface area contributed by atoms with E-state index < -0.39 is 29.4 Å². The lowest BCUT2D eigenvalue weighted by molar-refractivity contribution is -0.143. The van der Waals surface area contributed by atoms with Crippen LogP contribution in [0, 0.1) is 0 Å². The summed E-state index contributed by atoms with van der Waals surface area (Å²) in [6, 6.07) is 1.32. The summed E-state index contributed by atoms with van der Waals surface area (Å²) in [6.45, 7) is 1.90. The Bertz CT molecular complexity index is 1050. The smallest absolute Gasteiger partial charge is 0.416 e. The summed E-state index contributed by atoms with van der Waals surface area (Å²) in [5, 5.41) is 9.51. The van der Waals surface area contributed by atoms with E-state index in [2.05, 4.69) is 15.2 Å². The number of alkyl halides is 6. The summed E-state index contributed by atoms with van der Waals surface area (Å²) >= 11 is 3.18. The number of ether oxygens (including phenoxy) is 1. The van der Waals surface area contributed by atoms with Crippen molar-refractivity contribution in [3.05, 3.63) is 39.7 Å². The zero-order valence-corrected chi connectivity index (χ0v) is 17.8. The van der Waals surface area contributed by atoms with Gasteiger partial charge in [-0.15, -0.1) is 21.5 Å². The molecule has 0 atom stereocenters. The molecule has 14 heteroatoms. The van der Waals surface area contributed by atoms with Gasteiger partial charge >= 0.3 is 18.3 Å². The van der Waals surface area contributed by atoms with Crippen molar-refractivity contribution in [3.8, 4) is 11.3 Å². The van der Waals surface area contributed by atoms with Crippen molar-refractivity contribution in [1.82, 2.24) is 15.2 Å². The van der Waals surface area contributed by atoms with Crippen LogP contribution in [0.1, 0.15) is 23.1 Å². The summed E-state index contributed by atoms with van der Waals surface area (Å²) in [5.41, 5.74) is -3.15. The minimum absolute atomic E-state index is 0.0274. The second kappa shape index (κ2) is 9.12. The van der Waals surface area contributed by atoms with Crippen LogP contribution >= 0.6 is 34.4 Å². The zero-order valence-electron chi connectivity index (χ0n) is 15.4. The molecule has 0 saturated heterocycles. The highest BCUT2D eigenvalue weighted by Crippen LogP contribution is 2.40. The molecule has 2 aromatic heterocycles. The van der Waals surface area contributed by atoms with E-state index >= 15 is 0 Å². The van der Waals surface area contributed by atoms with Crippen molar-refractivity contribution >= 4 is 40.4 Å². The molecular weight excluding hydrogens is 488 g/mol. The monoisotopic (exact) mass is 499 g/mol. The van der Waals surface area contributed by atoms with Crippen molar-refractivity contribution < 1.29 is 35.9 Å². The number of thiazole rings is 1. The van der Waals surface area contributed by atoms with Crippen LogP contribution in [0.5, 0.6) is 0 Å². The van der Waals surface area contributed by atoms with E-state index in [4.69, 9.17) is 4.74 Å². The Morgan fingerprint density at radius 1 is 1.03 bits per heavy atom. The number of hydrogen-bond acceptors (Lipinski definition) is 8. The van der Waals surface area contributed by atoms with Crippen molar-refractivity contribution in [2.75, 3.05) is 6.61 Å². The van der Waals surface area contributed by atoms with Gasteiger partial charge in [0.05, 0.1) is 29.8 Å². The first-order valence-electron chi connectivity index (χ1n) is 8.37. The minimum Gasteiger partial charge on any atom is -0.466 e. The Hall–Kier alpha value is -2.19. The first-order valence-corrected chi connectivity index (χ1v) is 10.9. The maximum Gasteiger partial charge on any atom is 0.416 e. The van der Waals surface area contributed by atoms with Gasteiger partial charge in [0.2, 0.25) is 0 Å². The second-order valence-electron chi connectivity index (χ2n) is 5.84. The van der Waals surface area contributed by atoms with Crippen molar-refractivity contribution in [2.24, 2.45) is 0 Å². The maximum absolute atomic E-state index is 13.0. The fourth-order valence-corrected chi connectivity index (χ4v) is 5.21. The fraction of sp³-hybridized carbons (Fsp3) is 0.294. The molecule has 31 heavy (non-hydrogen) atoms. The Morgan fingerprint density at radius 2 is 1.68 bits per heavy atom.